The van der Waals surface area contributed by atoms with Gasteiger partial charge in [-0.3, -0.25) is 0 Å². The highest BCUT2D eigenvalue weighted by molar-refractivity contribution is 7.14. The van der Waals surface area contributed by atoms with Crippen LogP contribution in [0.3, 0.4) is 0 Å². The van der Waals surface area contributed by atoms with Crippen molar-refractivity contribution in [3.05, 3.63) is 11.2 Å². The van der Waals surface area contributed by atoms with Crippen molar-refractivity contribution in [3.63, 3.8) is 0 Å². The molecule has 0 spiro atoms. The zero-order valence-electron chi connectivity index (χ0n) is 8.66. The molecule has 15 heavy (non-hydrogen) atoms. The molecule has 0 atom stereocenters. The van der Waals surface area contributed by atoms with Crippen LogP contribution in [0.2, 0.25) is 0 Å². The fourth-order valence-electron chi connectivity index (χ4n) is 1.43. The molecule has 1 aliphatic carbocycles. The minimum absolute atomic E-state index is 0.333. The van der Waals surface area contributed by atoms with Gasteiger partial charge in [0.15, 0.2) is 5.69 Å². The summed E-state index contributed by atoms with van der Waals surface area (Å²) in [6, 6.07) is 0.513. The first-order chi connectivity index (χ1) is 7.31. The molecule has 1 N–H and O–H groups in total. The van der Waals surface area contributed by atoms with Gasteiger partial charge in [0.25, 0.3) is 0 Å². The fraction of sp³-hybridized carbons (Fsp3) is 0.600. The predicted octanol–water partition coefficient (Wildman–Crippen LogP) is 2.28. The van der Waals surface area contributed by atoms with E-state index in [0.29, 0.717) is 18.3 Å². The molecule has 1 saturated carbocycles. The van der Waals surface area contributed by atoms with Gasteiger partial charge < -0.3 is 10.1 Å². The van der Waals surface area contributed by atoms with E-state index in [9.17, 15) is 4.79 Å². The Hall–Kier alpha value is -1.10. The van der Waals surface area contributed by atoms with Crippen molar-refractivity contribution in [2.75, 3.05) is 11.9 Å². The van der Waals surface area contributed by atoms with Gasteiger partial charge in [0.2, 0.25) is 0 Å². The second kappa shape index (κ2) is 4.61. The Balaban J connectivity index is 2.03. The molecule has 1 aliphatic rings. The second-order valence-corrected chi connectivity index (χ2v) is 4.38. The van der Waals surface area contributed by atoms with Crippen LogP contribution in [-0.2, 0) is 4.74 Å². The summed E-state index contributed by atoms with van der Waals surface area (Å²) in [6.45, 7) is 2.18. The molecule has 0 radical (unpaired) electrons. The normalized spacial score (nSPS) is 15.8. The van der Waals surface area contributed by atoms with Crippen molar-refractivity contribution in [3.8, 4) is 0 Å². The van der Waals surface area contributed by atoms with E-state index in [-0.39, 0.29) is 5.97 Å². The van der Waals surface area contributed by atoms with E-state index in [1.807, 2.05) is 0 Å². The second-order valence-electron chi connectivity index (χ2n) is 3.52. The molecule has 0 amide bonds. The molecule has 1 heterocycles. The van der Waals surface area contributed by atoms with Crippen LogP contribution in [0.5, 0.6) is 0 Å². The standard InChI is InChI=1S/C10H14N2O2S/c1-2-14-10(13)8-9(15-6-11-8)12-7-4-3-5-7/h6-7,12H,2-5H2,1H3. The van der Waals surface area contributed by atoms with Crippen LogP contribution in [0.15, 0.2) is 5.51 Å². The minimum atomic E-state index is -0.333. The molecule has 4 nitrogen and oxygen atoms in total. The number of hydrogen-bond acceptors (Lipinski definition) is 5. The highest BCUT2D eigenvalue weighted by Gasteiger charge is 2.22. The number of nitrogens with zero attached hydrogens (tertiary/aromatic N) is 1. The van der Waals surface area contributed by atoms with E-state index in [4.69, 9.17) is 4.74 Å². The average Bonchev–Trinajstić information content (AvgIpc) is 2.59. The van der Waals surface area contributed by atoms with Gasteiger partial charge in [0.1, 0.15) is 5.00 Å². The first kappa shape index (κ1) is 10.4. The van der Waals surface area contributed by atoms with E-state index in [1.165, 1.54) is 30.6 Å². The van der Waals surface area contributed by atoms with Gasteiger partial charge in [-0.15, -0.1) is 11.3 Å². The largest absolute Gasteiger partial charge is 0.461 e. The molecule has 0 aliphatic heterocycles. The first-order valence-corrected chi connectivity index (χ1v) is 6.06. The fourth-order valence-corrected chi connectivity index (χ4v) is 2.18. The van der Waals surface area contributed by atoms with Crippen LogP contribution in [0, 0.1) is 0 Å². The molecule has 0 saturated heterocycles. The Morgan fingerprint density at radius 1 is 1.73 bits per heavy atom. The number of esters is 1. The van der Waals surface area contributed by atoms with Crippen molar-refractivity contribution >= 4 is 22.3 Å². The third-order valence-electron chi connectivity index (χ3n) is 2.48. The van der Waals surface area contributed by atoms with Crippen molar-refractivity contribution in [2.24, 2.45) is 0 Å². The maximum Gasteiger partial charge on any atom is 0.360 e. The lowest BCUT2D eigenvalue weighted by Crippen LogP contribution is -2.27. The summed E-state index contributed by atoms with van der Waals surface area (Å²) in [7, 11) is 0. The van der Waals surface area contributed by atoms with Crippen LogP contribution in [-0.4, -0.2) is 23.6 Å². The molecule has 1 aromatic rings. The summed E-state index contributed by atoms with van der Waals surface area (Å²) in [4.78, 5) is 15.5. The summed E-state index contributed by atoms with van der Waals surface area (Å²) >= 11 is 1.46. The molecular weight excluding hydrogens is 212 g/mol. The number of anilines is 1. The van der Waals surface area contributed by atoms with Gasteiger partial charge >= 0.3 is 5.97 Å². The summed E-state index contributed by atoms with van der Waals surface area (Å²) in [5, 5.41) is 4.17. The number of ether oxygens (including phenoxy) is 1. The Morgan fingerprint density at radius 3 is 3.13 bits per heavy atom. The number of aromatic nitrogens is 1. The summed E-state index contributed by atoms with van der Waals surface area (Å²) in [6.07, 6.45) is 3.63. The van der Waals surface area contributed by atoms with Crippen LogP contribution in [0.4, 0.5) is 5.00 Å². The molecule has 1 fully saturated rings. The van der Waals surface area contributed by atoms with Gasteiger partial charge in [-0.05, 0) is 26.2 Å². The van der Waals surface area contributed by atoms with E-state index < -0.39 is 0 Å². The third-order valence-corrected chi connectivity index (χ3v) is 3.23. The number of carbonyl (C=O) groups is 1. The van der Waals surface area contributed by atoms with Crippen molar-refractivity contribution in [1.82, 2.24) is 4.98 Å². The average molecular weight is 226 g/mol. The van der Waals surface area contributed by atoms with Gasteiger partial charge in [-0.2, -0.15) is 0 Å². The maximum absolute atomic E-state index is 11.5. The number of rotatable bonds is 4. The topological polar surface area (TPSA) is 51.2 Å². The molecule has 2 rings (SSSR count). The summed E-state index contributed by atoms with van der Waals surface area (Å²) in [5.41, 5.74) is 2.10. The zero-order chi connectivity index (χ0) is 10.7. The third kappa shape index (κ3) is 2.28. The molecule has 0 bridgehead atoms. The summed E-state index contributed by atoms with van der Waals surface area (Å²) in [5.74, 6) is -0.333. The van der Waals surface area contributed by atoms with Crippen LogP contribution >= 0.6 is 11.3 Å². The lowest BCUT2D eigenvalue weighted by atomic mass is 9.93. The van der Waals surface area contributed by atoms with Gasteiger partial charge in [0, 0.05) is 6.04 Å². The lowest BCUT2D eigenvalue weighted by molar-refractivity contribution is 0.0521. The van der Waals surface area contributed by atoms with Gasteiger partial charge in [0.05, 0.1) is 12.1 Å². The Bertz CT molecular complexity index is 347. The maximum atomic E-state index is 11.5. The number of carbonyl (C=O) groups excluding carboxylic acids is 1. The minimum Gasteiger partial charge on any atom is -0.461 e. The van der Waals surface area contributed by atoms with Crippen molar-refractivity contribution in [2.45, 2.75) is 32.2 Å². The Morgan fingerprint density at radius 2 is 2.53 bits per heavy atom. The highest BCUT2D eigenvalue weighted by Crippen LogP contribution is 2.28. The highest BCUT2D eigenvalue weighted by atomic mass is 32.1. The number of thiazole rings is 1. The van der Waals surface area contributed by atoms with Crippen LogP contribution in [0.1, 0.15) is 36.7 Å². The Kier molecular flexibility index (Phi) is 3.20. The lowest BCUT2D eigenvalue weighted by Gasteiger charge is -2.26. The smallest absolute Gasteiger partial charge is 0.360 e. The van der Waals surface area contributed by atoms with Gasteiger partial charge in [-0.1, -0.05) is 0 Å². The van der Waals surface area contributed by atoms with E-state index in [2.05, 4.69) is 10.3 Å². The SMILES string of the molecule is CCOC(=O)c1ncsc1NC1CCC1. The number of nitrogens with one attached hydrogen (secondary N) is 1. The molecule has 0 aromatic carbocycles. The number of hydrogen-bond donors (Lipinski definition) is 1. The molecule has 82 valence electrons. The van der Waals surface area contributed by atoms with E-state index in [1.54, 1.807) is 12.4 Å². The van der Waals surface area contributed by atoms with Crippen LogP contribution in [0.25, 0.3) is 0 Å². The Labute approximate surface area is 92.7 Å². The molecule has 5 heteroatoms. The molecular formula is C10H14N2O2S. The zero-order valence-corrected chi connectivity index (χ0v) is 9.47. The molecule has 0 unspecified atom stereocenters. The van der Waals surface area contributed by atoms with E-state index in [0.717, 1.165) is 5.00 Å². The molecule has 1 aromatic heterocycles. The van der Waals surface area contributed by atoms with Gasteiger partial charge in [-0.25, -0.2) is 9.78 Å². The summed E-state index contributed by atoms with van der Waals surface area (Å²) < 4.78 is 4.93. The van der Waals surface area contributed by atoms with Crippen molar-refractivity contribution < 1.29 is 9.53 Å². The van der Waals surface area contributed by atoms with Crippen molar-refractivity contribution in [1.29, 1.82) is 0 Å². The monoisotopic (exact) mass is 226 g/mol. The van der Waals surface area contributed by atoms with E-state index >= 15 is 0 Å². The predicted molar refractivity (Wildman–Crippen MR) is 59.3 cm³/mol. The first-order valence-electron chi connectivity index (χ1n) is 5.18. The van der Waals surface area contributed by atoms with Crippen LogP contribution < -0.4 is 5.32 Å². The quantitative estimate of drug-likeness (QED) is 0.800.